The third kappa shape index (κ3) is 2.24. The van der Waals surface area contributed by atoms with Gasteiger partial charge in [0.1, 0.15) is 11.8 Å². The van der Waals surface area contributed by atoms with E-state index < -0.39 is 0 Å². The Morgan fingerprint density at radius 1 is 1.12 bits per heavy atom. The minimum atomic E-state index is 0.550. The van der Waals surface area contributed by atoms with Crippen LogP contribution in [0.5, 0.6) is 0 Å². The van der Waals surface area contributed by atoms with Crippen LogP contribution in [-0.4, -0.2) is 4.57 Å². The van der Waals surface area contributed by atoms with Gasteiger partial charge in [0.15, 0.2) is 0 Å². The minimum Gasteiger partial charge on any atom is -0.342 e. The van der Waals surface area contributed by atoms with Crippen molar-refractivity contribution in [2.75, 3.05) is 0 Å². The summed E-state index contributed by atoms with van der Waals surface area (Å²) < 4.78 is 1.85. The zero-order valence-electron chi connectivity index (χ0n) is 10.4. The van der Waals surface area contributed by atoms with Crippen LogP contribution in [0, 0.1) is 11.3 Å². The summed E-state index contributed by atoms with van der Waals surface area (Å²) in [5, 5.41) is 8.92. The molecular weight excluding hydrogens is 208 g/mol. The molecule has 17 heavy (non-hydrogen) atoms. The lowest BCUT2D eigenvalue weighted by Gasteiger charge is -2.05. The molecule has 0 amide bonds. The number of aryl methyl sites for hydroxylation is 1. The predicted molar refractivity (Wildman–Crippen MR) is 69.7 cm³/mol. The molecular formula is C15H16N2. The van der Waals surface area contributed by atoms with Gasteiger partial charge in [-0.25, -0.2) is 0 Å². The summed E-state index contributed by atoms with van der Waals surface area (Å²) in [6, 6.07) is 12.6. The fourth-order valence-electron chi connectivity index (χ4n) is 1.89. The van der Waals surface area contributed by atoms with Crippen molar-refractivity contribution >= 4 is 0 Å². The largest absolute Gasteiger partial charge is 0.342 e. The lowest BCUT2D eigenvalue weighted by atomic mass is 10.00. The van der Waals surface area contributed by atoms with Crippen molar-refractivity contribution in [3.05, 3.63) is 47.8 Å². The second-order valence-electron chi connectivity index (χ2n) is 4.61. The number of benzene rings is 1. The van der Waals surface area contributed by atoms with Crippen LogP contribution in [0.4, 0.5) is 0 Å². The summed E-state index contributed by atoms with van der Waals surface area (Å²) in [6.45, 7) is 4.37. The Hall–Kier alpha value is -2.01. The molecule has 0 aliphatic rings. The van der Waals surface area contributed by atoms with Crippen LogP contribution < -0.4 is 0 Å². The van der Waals surface area contributed by atoms with Crippen molar-refractivity contribution in [2.24, 2.45) is 7.05 Å². The van der Waals surface area contributed by atoms with E-state index in [1.807, 2.05) is 23.9 Å². The summed E-state index contributed by atoms with van der Waals surface area (Å²) in [7, 11) is 1.89. The first-order valence-corrected chi connectivity index (χ1v) is 5.78. The van der Waals surface area contributed by atoms with Crippen LogP contribution in [0.3, 0.4) is 0 Å². The van der Waals surface area contributed by atoms with Gasteiger partial charge in [-0.3, -0.25) is 0 Å². The predicted octanol–water partition coefficient (Wildman–Crippen LogP) is 3.69. The Kier molecular flexibility index (Phi) is 3.01. The summed E-state index contributed by atoms with van der Waals surface area (Å²) >= 11 is 0. The molecule has 0 spiro atoms. The van der Waals surface area contributed by atoms with Gasteiger partial charge >= 0.3 is 0 Å². The Bertz CT molecular complexity index is 554. The number of hydrogen-bond donors (Lipinski definition) is 0. The van der Waals surface area contributed by atoms with Crippen molar-refractivity contribution in [3.8, 4) is 17.2 Å². The second kappa shape index (κ2) is 4.47. The lowest BCUT2D eigenvalue weighted by Crippen LogP contribution is -1.87. The molecule has 1 aromatic heterocycles. The van der Waals surface area contributed by atoms with Crippen LogP contribution in [0.25, 0.3) is 11.1 Å². The first-order chi connectivity index (χ1) is 8.11. The molecule has 0 aliphatic heterocycles. The number of nitriles is 1. The number of rotatable bonds is 2. The van der Waals surface area contributed by atoms with Crippen LogP contribution in [-0.2, 0) is 7.05 Å². The molecule has 0 saturated carbocycles. The van der Waals surface area contributed by atoms with Gasteiger partial charge in [-0.2, -0.15) is 5.26 Å². The maximum absolute atomic E-state index is 8.92. The maximum Gasteiger partial charge on any atom is 0.120 e. The van der Waals surface area contributed by atoms with Crippen molar-refractivity contribution in [3.63, 3.8) is 0 Å². The molecule has 2 rings (SSSR count). The zero-order valence-corrected chi connectivity index (χ0v) is 10.4. The summed E-state index contributed by atoms with van der Waals surface area (Å²) in [5.41, 5.74) is 4.28. The highest BCUT2D eigenvalue weighted by Crippen LogP contribution is 2.24. The minimum absolute atomic E-state index is 0.550. The van der Waals surface area contributed by atoms with Crippen LogP contribution in [0.1, 0.15) is 31.0 Å². The van der Waals surface area contributed by atoms with Gasteiger partial charge < -0.3 is 4.57 Å². The highest BCUT2D eigenvalue weighted by molar-refractivity contribution is 5.65. The average Bonchev–Trinajstić information content (AvgIpc) is 2.70. The molecule has 0 aliphatic carbocycles. The molecule has 0 bridgehead atoms. The first-order valence-electron chi connectivity index (χ1n) is 5.78. The Morgan fingerprint density at radius 3 is 2.24 bits per heavy atom. The van der Waals surface area contributed by atoms with Gasteiger partial charge in [0.2, 0.25) is 0 Å². The van der Waals surface area contributed by atoms with Crippen molar-refractivity contribution in [1.82, 2.24) is 4.57 Å². The van der Waals surface area contributed by atoms with Gasteiger partial charge in [-0.15, -0.1) is 0 Å². The van der Waals surface area contributed by atoms with Crippen molar-refractivity contribution in [1.29, 1.82) is 5.26 Å². The smallest absolute Gasteiger partial charge is 0.120 e. The topological polar surface area (TPSA) is 28.7 Å². The van der Waals surface area contributed by atoms with E-state index in [1.165, 1.54) is 5.56 Å². The number of nitrogens with zero attached hydrogens (tertiary/aromatic N) is 2. The van der Waals surface area contributed by atoms with Crippen molar-refractivity contribution in [2.45, 2.75) is 19.8 Å². The summed E-state index contributed by atoms with van der Waals surface area (Å²) in [6.07, 6.45) is 1.99. The van der Waals surface area contributed by atoms with E-state index in [-0.39, 0.29) is 0 Å². The lowest BCUT2D eigenvalue weighted by molar-refractivity contribution is 0.867. The quantitative estimate of drug-likeness (QED) is 0.764. The van der Waals surface area contributed by atoms with Gasteiger partial charge in [0.05, 0.1) is 0 Å². The highest BCUT2D eigenvalue weighted by Gasteiger charge is 2.05. The van der Waals surface area contributed by atoms with E-state index in [4.69, 9.17) is 5.26 Å². The fourth-order valence-corrected chi connectivity index (χ4v) is 1.89. The molecule has 0 unspecified atom stereocenters. The molecule has 1 heterocycles. The third-order valence-electron chi connectivity index (χ3n) is 3.03. The van der Waals surface area contributed by atoms with Gasteiger partial charge in [-0.1, -0.05) is 38.1 Å². The molecule has 2 nitrogen and oxygen atoms in total. The molecule has 1 aromatic carbocycles. The standard InChI is InChI=1S/C15H16N2/c1-11(2)12-4-6-13(7-5-12)14-8-15(9-16)17(3)10-14/h4-8,10-11H,1-3H3. The summed E-state index contributed by atoms with van der Waals surface area (Å²) in [5.74, 6) is 0.550. The normalized spacial score (nSPS) is 10.5. The number of hydrogen-bond acceptors (Lipinski definition) is 1. The molecule has 0 radical (unpaired) electrons. The van der Waals surface area contributed by atoms with Gasteiger partial charge in [0.25, 0.3) is 0 Å². The summed E-state index contributed by atoms with van der Waals surface area (Å²) in [4.78, 5) is 0. The van der Waals surface area contributed by atoms with Crippen LogP contribution >= 0.6 is 0 Å². The second-order valence-corrected chi connectivity index (χ2v) is 4.61. The molecule has 0 N–H and O–H groups in total. The fraction of sp³-hybridized carbons (Fsp3) is 0.267. The third-order valence-corrected chi connectivity index (χ3v) is 3.03. The Labute approximate surface area is 102 Å². The molecule has 2 aromatic rings. The average molecular weight is 224 g/mol. The van der Waals surface area contributed by atoms with Gasteiger partial charge in [-0.05, 0) is 23.1 Å². The molecule has 2 heteroatoms. The zero-order chi connectivity index (χ0) is 12.4. The molecule has 0 atom stereocenters. The van der Waals surface area contributed by atoms with Crippen LogP contribution in [0.15, 0.2) is 36.5 Å². The maximum atomic E-state index is 8.92. The Morgan fingerprint density at radius 2 is 1.76 bits per heavy atom. The SMILES string of the molecule is CC(C)c1ccc(-c2cc(C#N)n(C)c2)cc1. The van der Waals surface area contributed by atoms with Crippen molar-refractivity contribution < 1.29 is 0 Å². The number of aromatic nitrogens is 1. The first kappa shape index (κ1) is 11.5. The van der Waals surface area contributed by atoms with E-state index in [0.29, 0.717) is 11.6 Å². The van der Waals surface area contributed by atoms with E-state index >= 15 is 0 Å². The molecule has 0 saturated heterocycles. The molecule has 86 valence electrons. The van der Waals surface area contributed by atoms with E-state index in [2.05, 4.69) is 44.2 Å². The van der Waals surface area contributed by atoms with E-state index in [9.17, 15) is 0 Å². The van der Waals surface area contributed by atoms with E-state index in [0.717, 1.165) is 11.1 Å². The molecule has 0 fully saturated rings. The monoisotopic (exact) mass is 224 g/mol. The van der Waals surface area contributed by atoms with E-state index in [1.54, 1.807) is 0 Å². The van der Waals surface area contributed by atoms with Crippen LogP contribution in [0.2, 0.25) is 0 Å². The van der Waals surface area contributed by atoms with Gasteiger partial charge in [0, 0.05) is 18.8 Å². The Balaban J connectivity index is 2.37. The highest BCUT2D eigenvalue weighted by atomic mass is 14.9.